The standard InChI is InChI=1S/C18H25NO3/c1-6-8-12(3)22-14-9-10-16-15(11-14)17(13(4)19(16)5)18(20)21-7-2/h9-12H,6-8H2,1-5H3. The van der Waals surface area contributed by atoms with Gasteiger partial charge in [-0.3, -0.25) is 0 Å². The van der Waals surface area contributed by atoms with Crippen LogP contribution in [0.5, 0.6) is 5.75 Å². The molecule has 0 aliphatic heterocycles. The minimum atomic E-state index is -0.274. The minimum absolute atomic E-state index is 0.165. The molecule has 0 saturated carbocycles. The fourth-order valence-electron chi connectivity index (χ4n) is 2.78. The lowest BCUT2D eigenvalue weighted by atomic mass is 10.1. The van der Waals surface area contributed by atoms with E-state index in [0.29, 0.717) is 12.2 Å². The summed E-state index contributed by atoms with van der Waals surface area (Å²) in [6.07, 6.45) is 2.26. The van der Waals surface area contributed by atoms with Crippen molar-refractivity contribution in [3.8, 4) is 5.75 Å². The molecular formula is C18H25NO3. The summed E-state index contributed by atoms with van der Waals surface area (Å²) in [6.45, 7) is 8.34. The summed E-state index contributed by atoms with van der Waals surface area (Å²) in [4.78, 5) is 12.3. The summed E-state index contributed by atoms with van der Waals surface area (Å²) in [5.74, 6) is 0.522. The number of esters is 1. The van der Waals surface area contributed by atoms with Crippen molar-refractivity contribution in [2.24, 2.45) is 7.05 Å². The Balaban J connectivity index is 2.46. The zero-order chi connectivity index (χ0) is 16.3. The van der Waals surface area contributed by atoms with Crippen molar-refractivity contribution in [1.29, 1.82) is 0 Å². The molecule has 0 bridgehead atoms. The lowest BCUT2D eigenvalue weighted by Crippen LogP contribution is -2.11. The Morgan fingerprint density at radius 3 is 2.68 bits per heavy atom. The number of aromatic nitrogens is 1. The minimum Gasteiger partial charge on any atom is -0.491 e. The van der Waals surface area contributed by atoms with Gasteiger partial charge in [0, 0.05) is 23.6 Å². The maximum absolute atomic E-state index is 12.3. The van der Waals surface area contributed by atoms with Crippen molar-refractivity contribution in [1.82, 2.24) is 4.57 Å². The van der Waals surface area contributed by atoms with E-state index in [1.165, 1.54) is 0 Å². The Morgan fingerprint density at radius 2 is 2.05 bits per heavy atom. The molecule has 1 atom stereocenters. The lowest BCUT2D eigenvalue weighted by molar-refractivity contribution is 0.0527. The Bertz CT molecular complexity index is 673. The first-order valence-corrected chi connectivity index (χ1v) is 7.92. The van der Waals surface area contributed by atoms with Crippen LogP contribution in [-0.2, 0) is 11.8 Å². The van der Waals surface area contributed by atoms with E-state index in [0.717, 1.165) is 35.2 Å². The Hall–Kier alpha value is -1.97. The van der Waals surface area contributed by atoms with E-state index in [1.54, 1.807) is 0 Å². The summed E-state index contributed by atoms with van der Waals surface area (Å²) >= 11 is 0. The van der Waals surface area contributed by atoms with Gasteiger partial charge in [0.1, 0.15) is 5.75 Å². The summed E-state index contributed by atoms with van der Waals surface area (Å²) in [5.41, 5.74) is 2.55. The molecule has 4 nitrogen and oxygen atoms in total. The van der Waals surface area contributed by atoms with Gasteiger partial charge in [-0.25, -0.2) is 4.79 Å². The molecule has 0 N–H and O–H groups in total. The van der Waals surface area contributed by atoms with Crippen molar-refractivity contribution < 1.29 is 14.3 Å². The maximum Gasteiger partial charge on any atom is 0.340 e. The molecule has 0 spiro atoms. The predicted octanol–water partition coefficient (Wildman–Crippen LogP) is 4.23. The van der Waals surface area contributed by atoms with Gasteiger partial charge in [-0.15, -0.1) is 0 Å². The van der Waals surface area contributed by atoms with Crippen LogP contribution in [0, 0.1) is 6.92 Å². The molecule has 0 saturated heterocycles. The number of hydrogen-bond acceptors (Lipinski definition) is 3. The van der Waals surface area contributed by atoms with Gasteiger partial charge in [-0.1, -0.05) is 13.3 Å². The van der Waals surface area contributed by atoms with Crippen LogP contribution in [0.2, 0.25) is 0 Å². The van der Waals surface area contributed by atoms with E-state index in [2.05, 4.69) is 13.8 Å². The third-order valence-corrected chi connectivity index (χ3v) is 3.98. The van der Waals surface area contributed by atoms with Gasteiger partial charge in [0.2, 0.25) is 0 Å². The molecule has 0 aliphatic carbocycles. The van der Waals surface area contributed by atoms with Crippen LogP contribution in [0.15, 0.2) is 18.2 Å². The second-order valence-corrected chi connectivity index (χ2v) is 5.64. The van der Waals surface area contributed by atoms with Crippen molar-refractivity contribution >= 4 is 16.9 Å². The number of rotatable bonds is 6. The highest BCUT2D eigenvalue weighted by Gasteiger charge is 2.20. The Labute approximate surface area is 132 Å². The van der Waals surface area contributed by atoms with Crippen molar-refractivity contribution in [2.45, 2.75) is 46.6 Å². The normalized spacial score (nSPS) is 12.4. The predicted molar refractivity (Wildman–Crippen MR) is 88.6 cm³/mol. The average molecular weight is 303 g/mol. The van der Waals surface area contributed by atoms with E-state index in [1.807, 2.05) is 43.7 Å². The molecular weight excluding hydrogens is 278 g/mol. The summed E-state index contributed by atoms with van der Waals surface area (Å²) in [7, 11) is 1.96. The number of aryl methyl sites for hydroxylation is 1. The lowest BCUT2D eigenvalue weighted by Gasteiger charge is -2.14. The zero-order valence-electron chi connectivity index (χ0n) is 14.1. The molecule has 2 aromatic rings. The fraction of sp³-hybridized carbons (Fsp3) is 0.500. The first-order chi connectivity index (χ1) is 10.5. The van der Waals surface area contributed by atoms with Gasteiger partial charge in [-0.05, 0) is 45.4 Å². The monoisotopic (exact) mass is 303 g/mol. The highest BCUT2D eigenvalue weighted by atomic mass is 16.5. The van der Waals surface area contributed by atoms with Gasteiger partial charge in [0.15, 0.2) is 0 Å². The van der Waals surface area contributed by atoms with E-state index in [-0.39, 0.29) is 12.1 Å². The molecule has 0 amide bonds. The van der Waals surface area contributed by atoms with Gasteiger partial charge in [0.05, 0.1) is 18.3 Å². The fourth-order valence-corrected chi connectivity index (χ4v) is 2.78. The van der Waals surface area contributed by atoms with Crippen molar-refractivity contribution in [3.05, 3.63) is 29.5 Å². The van der Waals surface area contributed by atoms with E-state index in [9.17, 15) is 4.79 Å². The molecule has 0 aliphatic rings. The molecule has 0 radical (unpaired) electrons. The van der Waals surface area contributed by atoms with Crippen LogP contribution in [0.25, 0.3) is 10.9 Å². The van der Waals surface area contributed by atoms with Crippen LogP contribution in [0.1, 0.15) is 49.7 Å². The third kappa shape index (κ3) is 3.11. The maximum atomic E-state index is 12.3. The Kier molecular flexibility index (Phi) is 5.11. The van der Waals surface area contributed by atoms with Crippen LogP contribution in [-0.4, -0.2) is 23.2 Å². The van der Waals surface area contributed by atoms with Crippen molar-refractivity contribution in [3.63, 3.8) is 0 Å². The number of ether oxygens (including phenoxy) is 2. The number of carbonyl (C=O) groups is 1. The number of hydrogen-bond donors (Lipinski definition) is 0. The second kappa shape index (κ2) is 6.86. The number of benzene rings is 1. The number of carbonyl (C=O) groups excluding carboxylic acids is 1. The van der Waals surface area contributed by atoms with Gasteiger partial charge in [-0.2, -0.15) is 0 Å². The molecule has 22 heavy (non-hydrogen) atoms. The summed E-state index contributed by atoms with van der Waals surface area (Å²) in [5, 5.41) is 0.889. The van der Waals surface area contributed by atoms with Gasteiger partial charge < -0.3 is 14.0 Å². The molecule has 120 valence electrons. The largest absolute Gasteiger partial charge is 0.491 e. The quantitative estimate of drug-likeness (QED) is 0.750. The Morgan fingerprint density at radius 1 is 1.32 bits per heavy atom. The van der Waals surface area contributed by atoms with E-state index < -0.39 is 0 Å². The van der Waals surface area contributed by atoms with Gasteiger partial charge in [0.25, 0.3) is 0 Å². The molecule has 1 aromatic carbocycles. The van der Waals surface area contributed by atoms with Crippen LogP contribution >= 0.6 is 0 Å². The highest BCUT2D eigenvalue weighted by molar-refractivity contribution is 6.06. The molecule has 0 fully saturated rings. The highest BCUT2D eigenvalue weighted by Crippen LogP contribution is 2.29. The molecule has 1 unspecified atom stereocenters. The third-order valence-electron chi connectivity index (χ3n) is 3.98. The van der Waals surface area contributed by atoms with E-state index in [4.69, 9.17) is 9.47 Å². The molecule has 1 heterocycles. The molecule has 2 rings (SSSR count). The molecule has 1 aromatic heterocycles. The average Bonchev–Trinajstić information content (AvgIpc) is 2.71. The smallest absolute Gasteiger partial charge is 0.340 e. The van der Waals surface area contributed by atoms with Gasteiger partial charge >= 0.3 is 5.97 Å². The second-order valence-electron chi connectivity index (χ2n) is 5.64. The molecule has 4 heteroatoms. The number of fused-ring (bicyclic) bond motifs is 1. The first-order valence-electron chi connectivity index (χ1n) is 7.92. The van der Waals surface area contributed by atoms with E-state index >= 15 is 0 Å². The summed E-state index contributed by atoms with van der Waals surface area (Å²) < 4.78 is 13.2. The first kappa shape index (κ1) is 16.4. The van der Waals surface area contributed by atoms with Crippen LogP contribution < -0.4 is 4.74 Å². The van der Waals surface area contributed by atoms with Crippen molar-refractivity contribution in [2.75, 3.05) is 6.61 Å². The topological polar surface area (TPSA) is 40.5 Å². The summed E-state index contributed by atoms with van der Waals surface area (Å²) in [6, 6.07) is 5.91. The van der Waals surface area contributed by atoms with Crippen LogP contribution in [0.4, 0.5) is 0 Å². The van der Waals surface area contributed by atoms with Crippen LogP contribution in [0.3, 0.4) is 0 Å². The zero-order valence-corrected chi connectivity index (χ0v) is 14.1. The SMILES string of the molecule is CCCC(C)Oc1ccc2c(c1)c(C(=O)OCC)c(C)n2C. The number of nitrogens with zero attached hydrogens (tertiary/aromatic N) is 1.